The number of anilines is 2. The molecule has 2 aromatic carbocycles. The fourth-order valence-corrected chi connectivity index (χ4v) is 3.64. The molecule has 1 aliphatic heterocycles. The van der Waals surface area contributed by atoms with Crippen molar-refractivity contribution in [2.24, 2.45) is 0 Å². The fourth-order valence-electron chi connectivity index (χ4n) is 2.93. The van der Waals surface area contributed by atoms with Crippen LogP contribution >= 0.6 is 11.8 Å². The van der Waals surface area contributed by atoms with E-state index in [1.807, 2.05) is 0 Å². The zero-order chi connectivity index (χ0) is 19.8. The summed E-state index contributed by atoms with van der Waals surface area (Å²) >= 11 is 0.954. The van der Waals surface area contributed by atoms with Crippen molar-refractivity contribution >= 4 is 51.2 Å². The first-order valence-corrected chi connectivity index (χ1v) is 9.37. The van der Waals surface area contributed by atoms with Gasteiger partial charge in [-0.1, -0.05) is 23.9 Å². The molecule has 8 heteroatoms. The lowest BCUT2D eigenvalue weighted by molar-refractivity contribution is -0.115. The molecule has 1 fully saturated rings. The van der Waals surface area contributed by atoms with Gasteiger partial charge in [-0.25, -0.2) is 4.90 Å². The second kappa shape index (κ2) is 6.97. The number of benzene rings is 2. The molecule has 28 heavy (non-hydrogen) atoms. The van der Waals surface area contributed by atoms with Gasteiger partial charge in [-0.15, -0.1) is 0 Å². The molecule has 7 nitrogen and oxygen atoms in total. The van der Waals surface area contributed by atoms with Crippen molar-refractivity contribution in [2.75, 3.05) is 16.0 Å². The summed E-state index contributed by atoms with van der Waals surface area (Å²) in [6.45, 7) is 1.74. The van der Waals surface area contributed by atoms with Gasteiger partial charge in [-0.3, -0.25) is 19.2 Å². The maximum Gasteiger partial charge on any atom is 0.293 e. The highest BCUT2D eigenvalue weighted by molar-refractivity contribution is 8.15. The van der Waals surface area contributed by atoms with Gasteiger partial charge in [0, 0.05) is 11.8 Å². The summed E-state index contributed by atoms with van der Waals surface area (Å²) in [5, 5.41) is 2.77. The van der Waals surface area contributed by atoms with E-state index >= 15 is 0 Å². The first kappa shape index (κ1) is 18.0. The Balaban J connectivity index is 1.61. The highest BCUT2D eigenvalue weighted by Gasteiger charge is 2.31. The molecular weight excluding hydrogens is 380 g/mol. The molecule has 140 valence electrons. The summed E-state index contributed by atoms with van der Waals surface area (Å²) < 4.78 is 5.54. The van der Waals surface area contributed by atoms with Crippen LogP contribution in [0, 0.1) is 6.92 Å². The fraction of sp³-hybridized carbons (Fsp3) is 0.100. The smallest absolute Gasteiger partial charge is 0.293 e. The highest BCUT2D eigenvalue weighted by Crippen LogP contribution is 2.29. The Morgan fingerprint density at radius 3 is 2.61 bits per heavy atom. The Morgan fingerprint density at radius 1 is 1.11 bits per heavy atom. The van der Waals surface area contributed by atoms with E-state index in [1.54, 1.807) is 49.4 Å². The van der Waals surface area contributed by atoms with Crippen LogP contribution in [0.5, 0.6) is 0 Å². The Kier molecular flexibility index (Phi) is 4.48. The number of amides is 3. The van der Waals surface area contributed by atoms with Crippen LogP contribution in [0.3, 0.4) is 0 Å². The lowest BCUT2D eigenvalue weighted by atomic mass is 10.1. The van der Waals surface area contributed by atoms with E-state index in [-0.39, 0.29) is 28.1 Å². The second-order valence-electron chi connectivity index (χ2n) is 6.21. The monoisotopic (exact) mass is 394 g/mol. The normalized spacial score (nSPS) is 14.0. The number of para-hydroxylation sites is 1. The van der Waals surface area contributed by atoms with Crippen LogP contribution in [-0.4, -0.2) is 22.8 Å². The number of nitrogens with one attached hydrogen (secondary N) is 1. The summed E-state index contributed by atoms with van der Waals surface area (Å²) in [6, 6.07) is 12.7. The number of aryl methyl sites for hydroxylation is 1. The minimum atomic E-state index is -0.567. The van der Waals surface area contributed by atoms with E-state index in [1.165, 1.54) is 0 Å². The maximum absolute atomic E-state index is 12.5. The number of hydrogen-bond acceptors (Lipinski definition) is 6. The van der Waals surface area contributed by atoms with Crippen LogP contribution in [0.1, 0.15) is 16.1 Å². The number of rotatable bonds is 3. The van der Waals surface area contributed by atoms with Gasteiger partial charge in [0.05, 0.1) is 16.8 Å². The molecule has 0 saturated carbocycles. The van der Waals surface area contributed by atoms with Gasteiger partial charge in [-0.05, 0) is 42.8 Å². The molecule has 0 atom stereocenters. The predicted octanol–water partition coefficient (Wildman–Crippen LogP) is 3.55. The molecule has 0 bridgehead atoms. The van der Waals surface area contributed by atoms with Gasteiger partial charge in [-0.2, -0.15) is 0 Å². The van der Waals surface area contributed by atoms with Gasteiger partial charge in [0.15, 0.2) is 11.2 Å². The minimum absolute atomic E-state index is 0.103. The Labute approximate surface area is 163 Å². The lowest BCUT2D eigenvalue weighted by Gasteiger charge is -2.15. The van der Waals surface area contributed by atoms with Crippen LogP contribution in [0.4, 0.5) is 16.2 Å². The average Bonchev–Trinajstić information content (AvgIpc) is 3.01. The van der Waals surface area contributed by atoms with E-state index in [0.717, 1.165) is 22.7 Å². The maximum atomic E-state index is 12.5. The number of fused-ring (bicyclic) bond motifs is 1. The van der Waals surface area contributed by atoms with Crippen LogP contribution < -0.4 is 15.6 Å². The second-order valence-corrected chi connectivity index (χ2v) is 7.13. The molecule has 4 rings (SSSR count). The average molecular weight is 394 g/mol. The van der Waals surface area contributed by atoms with E-state index in [2.05, 4.69) is 5.32 Å². The number of nitrogens with zero attached hydrogens (tertiary/aromatic N) is 1. The van der Waals surface area contributed by atoms with Crippen molar-refractivity contribution in [3.8, 4) is 0 Å². The molecule has 0 aliphatic carbocycles. The highest BCUT2D eigenvalue weighted by atomic mass is 32.2. The summed E-state index contributed by atoms with van der Waals surface area (Å²) in [5.74, 6) is -0.822. The van der Waals surface area contributed by atoms with Crippen molar-refractivity contribution in [1.82, 2.24) is 0 Å². The topological polar surface area (TPSA) is 96.7 Å². The molecule has 1 aliphatic rings. The summed E-state index contributed by atoms with van der Waals surface area (Å²) in [6.07, 6.45) is 0. The zero-order valence-corrected chi connectivity index (χ0v) is 15.5. The molecule has 1 aromatic heterocycles. The summed E-state index contributed by atoms with van der Waals surface area (Å²) in [7, 11) is 0. The molecule has 1 N–H and O–H groups in total. The molecule has 0 radical (unpaired) electrons. The standard InChI is InChI=1S/C20H14N2O5S/c1-11-8-12(22-18(24)10-28-20(22)26)6-7-14(11)21-19(25)17-9-15(23)13-4-2-3-5-16(13)27-17/h2-9H,10H2,1H3,(H,21,25). The van der Waals surface area contributed by atoms with Gasteiger partial charge >= 0.3 is 0 Å². The third-order valence-corrected chi connectivity index (χ3v) is 5.15. The van der Waals surface area contributed by atoms with Crippen molar-refractivity contribution in [3.63, 3.8) is 0 Å². The largest absolute Gasteiger partial charge is 0.451 e. The molecule has 0 unspecified atom stereocenters. The third kappa shape index (κ3) is 3.18. The Bertz CT molecular complexity index is 1180. The van der Waals surface area contributed by atoms with Crippen LogP contribution in [0.25, 0.3) is 11.0 Å². The molecule has 2 heterocycles. The first-order valence-electron chi connectivity index (χ1n) is 8.38. The van der Waals surface area contributed by atoms with Crippen LogP contribution in [-0.2, 0) is 4.79 Å². The SMILES string of the molecule is Cc1cc(N2C(=O)CSC2=O)ccc1NC(=O)c1cc(=O)c2ccccc2o1. The number of imide groups is 1. The van der Waals surface area contributed by atoms with Crippen molar-refractivity contribution < 1.29 is 18.8 Å². The summed E-state index contributed by atoms with van der Waals surface area (Å²) in [4.78, 5) is 49.5. The van der Waals surface area contributed by atoms with Gasteiger partial charge in [0.25, 0.3) is 11.1 Å². The van der Waals surface area contributed by atoms with Crippen molar-refractivity contribution in [2.45, 2.75) is 6.92 Å². The van der Waals surface area contributed by atoms with Crippen molar-refractivity contribution in [3.05, 3.63) is 70.1 Å². The zero-order valence-electron chi connectivity index (χ0n) is 14.7. The van der Waals surface area contributed by atoms with E-state index < -0.39 is 5.91 Å². The van der Waals surface area contributed by atoms with E-state index in [4.69, 9.17) is 4.42 Å². The molecular formula is C20H14N2O5S. The molecule has 0 spiro atoms. The minimum Gasteiger partial charge on any atom is -0.451 e. The predicted molar refractivity (Wildman–Crippen MR) is 107 cm³/mol. The molecule has 1 saturated heterocycles. The number of hydrogen-bond donors (Lipinski definition) is 1. The number of carbonyl (C=O) groups excluding carboxylic acids is 3. The van der Waals surface area contributed by atoms with Crippen LogP contribution in [0.15, 0.2) is 57.7 Å². The lowest BCUT2D eigenvalue weighted by Crippen LogP contribution is -2.28. The quantitative estimate of drug-likeness (QED) is 0.730. The molecule has 3 amide bonds. The molecule has 3 aromatic rings. The third-order valence-electron chi connectivity index (χ3n) is 4.33. The summed E-state index contributed by atoms with van der Waals surface area (Å²) in [5.41, 5.74) is 1.62. The number of thioether (sulfide) groups is 1. The van der Waals surface area contributed by atoms with E-state index in [0.29, 0.717) is 27.9 Å². The van der Waals surface area contributed by atoms with E-state index in [9.17, 15) is 19.2 Å². The number of carbonyl (C=O) groups is 3. The van der Waals surface area contributed by atoms with Crippen LogP contribution in [0.2, 0.25) is 0 Å². The first-order chi connectivity index (χ1) is 13.4. The van der Waals surface area contributed by atoms with Gasteiger partial charge in [0.2, 0.25) is 5.91 Å². The van der Waals surface area contributed by atoms with Crippen molar-refractivity contribution in [1.29, 1.82) is 0 Å². The van der Waals surface area contributed by atoms with Gasteiger partial charge < -0.3 is 9.73 Å². The van der Waals surface area contributed by atoms with Gasteiger partial charge in [0.1, 0.15) is 5.58 Å². The Hall–Kier alpha value is -3.39. The Morgan fingerprint density at radius 2 is 1.89 bits per heavy atom.